The van der Waals surface area contributed by atoms with Crippen LogP contribution in [0, 0.1) is 5.92 Å². The molecule has 1 heterocycles. The second kappa shape index (κ2) is 3.97. The third kappa shape index (κ3) is 2.68. The number of hydrogen-bond donors (Lipinski definition) is 1. The molecule has 76 valence electrons. The van der Waals surface area contributed by atoms with E-state index in [0.29, 0.717) is 0 Å². The molecule has 2 fully saturated rings. The van der Waals surface area contributed by atoms with E-state index in [1.807, 2.05) is 0 Å². The molecule has 2 nitrogen and oxygen atoms in total. The fourth-order valence-electron chi connectivity index (χ4n) is 2.35. The zero-order valence-corrected chi connectivity index (χ0v) is 8.92. The van der Waals surface area contributed by atoms with Gasteiger partial charge >= 0.3 is 0 Å². The molecular formula is C11H22N2. The van der Waals surface area contributed by atoms with E-state index in [9.17, 15) is 0 Å². The van der Waals surface area contributed by atoms with Gasteiger partial charge in [0.05, 0.1) is 0 Å². The van der Waals surface area contributed by atoms with Crippen LogP contribution in [-0.2, 0) is 0 Å². The van der Waals surface area contributed by atoms with Gasteiger partial charge in [0.15, 0.2) is 0 Å². The van der Waals surface area contributed by atoms with Crippen LogP contribution in [0.25, 0.3) is 0 Å². The van der Waals surface area contributed by atoms with Crippen LogP contribution < -0.4 is 5.32 Å². The normalized spacial score (nSPS) is 31.2. The molecule has 2 aliphatic rings. The summed E-state index contributed by atoms with van der Waals surface area (Å²) in [4.78, 5) is 2.68. The van der Waals surface area contributed by atoms with Crippen LogP contribution in [0.2, 0.25) is 0 Å². The molecule has 0 amide bonds. The van der Waals surface area contributed by atoms with Crippen molar-refractivity contribution in [2.45, 2.75) is 45.2 Å². The molecule has 1 aliphatic heterocycles. The van der Waals surface area contributed by atoms with Gasteiger partial charge in [-0.25, -0.2) is 0 Å². The second-order valence-corrected chi connectivity index (χ2v) is 5.01. The van der Waals surface area contributed by atoms with Gasteiger partial charge in [-0.15, -0.1) is 0 Å². The SMILES string of the molecule is CC(C)CC1CN(C2CC2)CCN1. The fourth-order valence-corrected chi connectivity index (χ4v) is 2.35. The number of nitrogens with one attached hydrogen (secondary N) is 1. The maximum Gasteiger partial charge on any atom is 0.0198 e. The largest absolute Gasteiger partial charge is 0.311 e. The van der Waals surface area contributed by atoms with Gasteiger partial charge in [-0.2, -0.15) is 0 Å². The van der Waals surface area contributed by atoms with Crippen molar-refractivity contribution in [2.75, 3.05) is 19.6 Å². The maximum absolute atomic E-state index is 3.62. The van der Waals surface area contributed by atoms with Gasteiger partial charge in [0.1, 0.15) is 0 Å². The molecule has 0 bridgehead atoms. The van der Waals surface area contributed by atoms with Gasteiger partial charge in [0.25, 0.3) is 0 Å². The summed E-state index contributed by atoms with van der Waals surface area (Å²) in [6.07, 6.45) is 4.24. The molecule has 0 aromatic carbocycles. The Kier molecular flexibility index (Phi) is 2.89. The highest BCUT2D eigenvalue weighted by Crippen LogP contribution is 2.27. The smallest absolute Gasteiger partial charge is 0.0198 e. The van der Waals surface area contributed by atoms with Crippen LogP contribution in [0.4, 0.5) is 0 Å². The van der Waals surface area contributed by atoms with E-state index in [2.05, 4.69) is 24.1 Å². The predicted octanol–water partition coefficient (Wildman–Crippen LogP) is 1.47. The van der Waals surface area contributed by atoms with Crippen molar-refractivity contribution < 1.29 is 0 Å². The van der Waals surface area contributed by atoms with E-state index in [1.165, 1.54) is 38.9 Å². The van der Waals surface area contributed by atoms with Gasteiger partial charge in [0.2, 0.25) is 0 Å². The summed E-state index contributed by atoms with van der Waals surface area (Å²) in [5.41, 5.74) is 0. The van der Waals surface area contributed by atoms with E-state index < -0.39 is 0 Å². The van der Waals surface area contributed by atoms with Crippen molar-refractivity contribution in [1.29, 1.82) is 0 Å². The standard InChI is InChI=1S/C11H22N2/c1-9(2)7-10-8-13(6-5-12-10)11-3-4-11/h9-12H,3-8H2,1-2H3. The highest BCUT2D eigenvalue weighted by Gasteiger charge is 2.32. The molecule has 0 spiro atoms. The summed E-state index contributed by atoms with van der Waals surface area (Å²) in [5.74, 6) is 0.830. The van der Waals surface area contributed by atoms with Crippen LogP contribution in [0.3, 0.4) is 0 Å². The number of hydrogen-bond acceptors (Lipinski definition) is 2. The van der Waals surface area contributed by atoms with E-state index in [4.69, 9.17) is 0 Å². The van der Waals surface area contributed by atoms with Gasteiger partial charge in [-0.1, -0.05) is 13.8 Å². The number of nitrogens with zero attached hydrogens (tertiary/aromatic N) is 1. The van der Waals surface area contributed by atoms with Gasteiger partial charge in [-0.05, 0) is 25.2 Å². The third-order valence-corrected chi connectivity index (χ3v) is 3.11. The zero-order valence-electron chi connectivity index (χ0n) is 8.92. The highest BCUT2D eigenvalue weighted by molar-refractivity contribution is 4.90. The molecule has 1 saturated heterocycles. The Hall–Kier alpha value is -0.0800. The van der Waals surface area contributed by atoms with Gasteiger partial charge < -0.3 is 5.32 Å². The Morgan fingerprint density at radius 2 is 2.15 bits per heavy atom. The molecule has 2 heteroatoms. The van der Waals surface area contributed by atoms with E-state index in [1.54, 1.807) is 0 Å². The van der Waals surface area contributed by atoms with Crippen molar-refractivity contribution >= 4 is 0 Å². The lowest BCUT2D eigenvalue weighted by Gasteiger charge is -2.34. The molecule has 1 atom stereocenters. The Labute approximate surface area is 81.7 Å². The average molecular weight is 182 g/mol. The van der Waals surface area contributed by atoms with Crippen molar-refractivity contribution in [3.63, 3.8) is 0 Å². The third-order valence-electron chi connectivity index (χ3n) is 3.11. The van der Waals surface area contributed by atoms with Crippen molar-refractivity contribution in [2.24, 2.45) is 5.92 Å². The molecule has 1 N–H and O–H groups in total. The van der Waals surface area contributed by atoms with Crippen molar-refractivity contribution in [3.8, 4) is 0 Å². The predicted molar refractivity (Wildman–Crippen MR) is 55.8 cm³/mol. The topological polar surface area (TPSA) is 15.3 Å². The molecule has 0 aromatic rings. The molecule has 0 aromatic heterocycles. The van der Waals surface area contributed by atoms with E-state index in [0.717, 1.165) is 18.0 Å². The molecular weight excluding hydrogens is 160 g/mol. The van der Waals surface area contributed by atoms with Crippen LogP contribution in [0.1, 0.15) is 33.1 Å². The number of piperazine rings is 1. The maximum atomic E-state index is 3.62. The molecule has 2 rings (SSSR count). The fraction of sp³-hybridized carbons (Fsp3) is 1.00. The first kappa shape index (κ1) is 9.47. The van der Waals surface area contributed by atoms with Gasteiger partial charge in [-0.3, -0.25) is 4.90 Å². The first-order valence-corrected chi connectivity index (χ1v) is 5.73. The van der Waals surface area contributed by atoms with E-state index >= 15 is 0 Å². The van der Waals surface area contributed by atoms with Crippen molar-refractivity contribution in [1.82, 2.24) is 10.2 Å². The average Bonchev–Trinajstić information content (AvgIpc) is 2.85. The minimum absolute atomic E-state index is 0.759. The molecule has 0 radical (unpaired) electrons. The molecule has 13 heavy (non-hydrogen) atoms. The second-order valence-electron chi connectivity index (χ2n) is 5.01. The Balaban J connectivity index is 1.77. The molecule has 1 saturated carbocycles. The first-order chi connectivity index (χ1) is 6.25. The summed E-state index contributed by atoms with van der Waals surface area (Å²) >= 11 is 0. The molecule has 1 unspecified atom stereocenters. The summed E-state index contributed by atoms with van der Waals surface area (Å²) < 4.78 is 0. The Morgan fingerprint density at radius 1 is 1.38 bits per heavy atom. The number of rotatable bonds is 3. The Morgan fingerprint density at radius 3 is 2.77 bits per heavy atom. The van der Waals surface area contributed by atoms with Crippen molar-refractivity contribution in [3.05, 3.63) is 0 Å². The highest BCUT2D eigenvalue weighted by atomic mass is 15.2. The minimum Gasteiger partial charge on any atom is -0.311 e. The monoisotopic (exact) mass is 182 g/mol. The summed E-state index contributed by atoms with van der Waals surface area (Å²) in [6.45, 7) is 8.41. The lowest BCUT2D eigenvalue weighted by atomic mass is 10.0. The lowest BCUT2D eigenvalue weighted by molar-refractivity contribution is 0.178. The van der Waals surface area contributed by atoms with Crippen LogP contribution in [0.5, 0.6) is 0 Å². The summed E-state index contributed by atoms with van der Waals surface area (Å²) in [7, 11) is 0. The minimum atomic E-state index is 0.759. The van der Waals surface area contributed by atoms with Crippen LogP contribution in [-0.4, -0.2) is 36.6 Å². The zero-order chi connectivity index (χ0) is 9.26. The quantitative estimate of drug-likeness (QED) is 0.711. The summed E-state index contributed by atoms with van der Waals surface area (Å²) in [5, 5.41) is 3.62. The van der Waals surface area contributed by atoms with Gasteiger partial charge in [0, 0.05) is 31.7 Å². The summed E-state index contributed by atoms with van der Waals surface area (Å²) in [6, 6.07) is 1.71. The molecule has 1 aliphatic carbocycles. The van der Waals surface area contributed by atoms with E-state index in [-0.39, 0.29) is 0 Å². The van der Waals surface area contributed by atoms with Crippen LogP contribution >= 0.6 is 0 Å². The van der Waals surface area contributed by atoms with Crippen LogP contribution in [0.15, 0.2) is 0 Å². The Bertz CT molecular complexity index is 163. The lowest BCUT2D eigenvalue weighted by Crippen LogP contribution is -2.51. The first-order valence-electron chi connectivity index (χ1n) is 5.73.